The summed E-state index contributed by atoms with van der Waals surface area (Å²) in [4.78, 5) is 3.83. The Morgan fingerprint density at radius 1 is 1.27 bits per heavy atom. The summed E-state index contributed by atoms with van der Waals surface area (Å²) in [5.74, 6) is 0.644. The molecule has 4 nitrogen and oxygen atoms in total. The Balaban J connectivity index is -0.0000000817. The summed E-state index contributed by atoms with van der Waals surface area (Å²) < 4.78 is 0.608. The first-order valence-corrected chi connectivity index (χ1v) is 2.52. The first-order chi connectivity index (χ1) is 3.48. The van der Waals surface area contributed by atoms with E-state index in [1.165, 1.54) is 0 Å². The lowest BCUT2D eigenvalue weighted by Gasteiger charge is -2.20. The zero-order valence-corrected chi connectivity index (χ0v) is 12.0. The van der Waals surface area contributed by atoms with Gasteiger partial charge in [-0.15, -0.1) is 24.0 Å². The number of guanidine groups is 1. The second-order valence-corrected chi connectivity index (χ2v) is 2.59. The first kappa shape index (κ1) is 22.6. The minimum absolute atomic E-state index is 0. The smallest absolute Gasteiger partial charge is 0.294 e. The molecule has 5 N–H and O–H groups in total. The summed E-state index contributed by atoms with van der Waals surface area (Å²) in [5.41, 5.74) is 5.47. The van der Waals surface area contributed by atoms with E-state index in [2.05, 4.69) is 4.99 Å². The minimum Gasteiger partial charge on any atom is -1.00 e. The van der Waals surface area contributed by atoms with Gasteiger partial charge in [0.2, 0.25) is 0 Å². The molecule has 6 heteroatoms. The van der Waals surface area contributed by atoms with Crippen LogP contribution in [-0.4, -0.2) is 38.6 Å². The Morgan fingerprint density at radius 3 is 1.55 bits per heavy atom. The maximum absolute atomic E-state index is 5.47. The van der Waals surface area contributed by atoms with Gasteiger partial charge in [-0.25, -0.2) is 4.99 Å². The standard InChI is InChI=1S/C5H14N3.2HI.H3N/c1-7-5(6)8(2,3)4;;;/h1-4H3,(H2,6,7);2*1H;1H3/q+1;;;/p-1. The molecule has 0 fully saturated rings. The lowest BCUT2D eigenvalue weighted by molar-refractivity contribution is -0.778. The van der Waals surface area contributed by atoms with Crippen molar-refractivity contribution >= 4 is 29.9 Å². The van der Waals surface area contributed by atoms with Crippen molar-refractivity contribution in [1.82, 2.24) is 6.15 Å². The van der Waals surface area contributed by atoms with Crippen LogP contribution in [0.5, 0.6) is 0 Å². The number of nitrogens with two attached hydrogens (primary N) is 1. The summed E-state index contributed by atoms with van der Waals surface area (Å²) in [6.45, 7) is 0. The van der Waals surface area contributed by atoms with Crippen molar-refractivity contribution in [3.8, 4) is 0 Å². The molecule has 0 saturated heterocycles. The van der Waals surface area contributed by atoms with Crippen LogP contribution in [0.3, 0.4) is 0 Å². The molecule has 0 spiro atoms. The lowest BCUT2D eigenvalue weighted by atomic mass is 10.7. The van der Waals surface area contributed by atoms with Crippen molar-refractivity contribution in [2.45, 2.75) is 0 Å². The Bertz CT molecular complexity index is 108. The van der Waals surface area contributed by atoms with E-state index in [4.69, 9.17) is 5.73 Å². The maximum Gasteiger partial charge on any atom is 0.294 e. The number of hydrogen-bond acceptors (Lipinski definition) is 2. The second-order valence-electron chi connectivity index (χ2n) is 2.59. The van der Waals surface area contributed by atoms with Gasteiger partial charge in [0.1, 0.15) is 0 Å². The van der Waals surface area contributed by atoms with E-state index >= 15 is 0 Å². The molecule has 0 aliphatic carbocycles. The average molecular weight is 388 g/mol. The molecular formula is C5H18I2N4. The molecule has 11 heavy (non-hydrogen) atoms. The first-order valence-electron chi connectivity index (χ1n) is 2.52. The monoisotopic (exact) mass is 388 g/mol. The highest BCUT2D eigenvalue weighted by molar-refractivity contribution is 14.0. The minimum atomic E-state index is 0. The molecule has 0 aliphatic rings. The molecule has 0 aromatic carbocycles. The average Bonchev–Trinajstić information content (AvgIpc) is 1.62. The normalized spacial score (nSPS) is 10.4. The highest BCUT2D eigenvalue weighted by Crippen LogP contribution is 1.86. The Labute approximate surface area is 103 Å². The van der Waals surface area contributed by atoms with E-state index in [9.17, 15) is 0 Å². The Kier molecular flexibility index (Phi) is 18.4. The van der Waals surface area contributed by atoms with Crippen LogP contribution in [0, 0.1) is 0 Å². The predicted octanol–water partition coefficient (Wildman–Crippen LogP) is -2.58. The number of rotatable bonds is 0. The van der Waals surface area contributed by atoms with Crippen LogP contribution in [0.4, 0.5) is 0 Å². The van der Waals surface area contributed by atoms with Gasteiger partial charge in [-0.05, 0) is 0 Å². The molecule has 0 rings (SSSR count). The summed E-state index contributed by atoms with van der Waals surface area (Å²) in [6.07, 6.45) is 0. The largest absolute Gasteiger partial charge is 1.00 e. The van der Waals surface area contributed by atoms with Gasteiger partial charge in [0.15, 0.2) is 0 Å². The van der Waals surface area contributed by atoms with Crippen molar-refractivity contribution < 1.29 is 28.5 Å². The number of quaternary nitrogens is 1. The summed E-state index contributed by atoms with van der Waals surface area (Å²) in [7, 11) is 7.62. The van der Waals surface area contributed by atoms with E-state index < -0.39 is 0 Å². The third-order valence-electron chi connectivity index (χ3n) is 0.916. The lowest BCUT2D eigenvalue weighted by Crippen LogP contribution is -3.00. The fourth-order valence-electron chi connectivity index (χ4n) is 0.300. The van der Waals surface area contributed by atoms with Gasteiger partial charge in [0.25, 0.3) is 5.96 Å². The van der Waals surface area contributed by atoms with Gasteiger partial charge in [-0.1, -0.05) is 0 Å². The number of nitrogens with zero attached hydrogens (tertiary/aromatic N) is 2. The SMILES string of the molecule is CN=C(N)[N+](C)(C)C.I.N.[I-]. The number of aliphatic imine (C=N–C) groups is 1. The van der Waals surface area contributed by atoms with E-state index in [0.29, 0.717) is 10.4 Å². The van der Waals surface area contributed by atoms with Crippen LogP contribution in [0.1, 0.15) is 0 Å². The highest BCUT2D eigenvalue weighted by Gasteiger charge is 2.10. The van der Waals surface area contributed by atoms with Gasteiger partial charge < -0.3 is 35.9 Å². The molecule has 0 unspecified atom stereocenters. The zero-order chi connectivity index (χ0) is 6.78. The van der Waals surface area contributed by atoms with Crippen molar-refractivity contribution in [1.29, 1.82) is 0 Å². The maximum atomic E-state index is 5.47. The molecule has 0 atom stereocenters. The summed E-state index contributed by atoms with van der Waals surface area (Å²) in [5, 5.41) is 0. The quantitative estimate of drug-likeness (QED) is 0.207. The molecule has 0 aliphatic heterocycles. The molecule has 0 bridgehead atoms. The zero-order valence-electron chi connectivity index (χ0n) is 7.47. The van der Waals surface area contributed by atoms with E-state index in [-0.39, 0.29) is 54.1 Å². The van der Waals surface area contributed by atoms with Gasteiger partial charge in [0, 0.05) is 7.05 Å². The summed E-state index contributed by atoms with van der Waals surface area (Å²) >= 11 is 0. The predicted molar refractivity (Wildman–Crippen MR) is 56.0 cm³/mol. The molecule has 0 amide bonds. The van der Waals surface area contributed by atoms with Crippen LogP contribution in [0.25, 0.3) is 0 Å². The third-order valence-corrected chi connectivity index (χ3v) is 0.916. The molecule has 0 aromatic heterocycles. The van der Waals surface area contributed by atoms with E-state index in [1.54, 1.807) is 7.05 Å². The van der Waals surface area contributed by atoms with Gasteiger partial charge >= 0.3 is 0 Å². The molecule has 72 valence electrons. The number of halogens is 2. The summed E-state index contributed by atoms with van der Waals surface area (Å²) in [6, 6.07) is 0. The van der Waals surface area contributed by atoms with Crippen LogP contribution < -0.4 is 35.9 Å². The van der Waals surface area contributed by atoms with Crippen LogP contribution in [0.2, 0.25) is 0 Å². The fraction of sp³-hybridized carbons (Fsp3) is 0.800. The van der Waals surface area contributed by atoms with Crippen LogP contribution >= 0.6 is 24.0 Å². The van der Waals surface area contributed by atoms with Crippen LogP contribution in [0.15, 0.2) is 4.99 Å². The molecule has 0 heterocycles. The fourth-order valence-corrected chi connectivity index (χ4v) is 0.300. The Hall–Kier alpha value is 0.850. The Morgan fingerprint density at radius 2 is 1.55 bits per heavy atom. The molecule has 0 radical (unpaired) electrons. The second kappa shape index (κ2) is 8.94. The van der Waals surface area contributed by atoms with Crippen molar-refractivity contribution in [2.24, 2.45) is 10.7 Å². The molecular weight excluding hydrogens is 370 g/mol. The van der Waals surface area contributed by atoms with E-state index in [0.717, 1.165) is 0 Å². The topological polar surface area (TPSA) is 73.4 Å². The van der Waals surface area contributed by atoms with Gasteiger partial charge in [-0.3, -0.25) is 4.48 Å². The molecule has 0 saturated carbocycles. The van der Waals surface area contributed by atoms with Crippen molar-refractivity contribution in [3.05, 3.63) is 0 Å². The van der Waals surface area contributed by atoms with Crippen molar-refractivity contribution in [3.63, 3.8) is 0 Å². The molecule has 0 aromatic rings. The third kappa shape index (κ3) is 10.8. The van der Waals surface area contributed by atoms with Crippen molar-refractivity contribution in [2.75, 3.05) is 28.2 Å². The van der Waals surface area contributed by atoms with Crippen LogP contribution in [-0.2, 0) is 0 Å². The number of hydrogen-bond donors (Lipinski definition) is 2. The van der Waals surface area contributed by atoms with Gasteiger partial charge in [-0.2, -0.15) is 0 Å². The highest BCUT2D eigenvalue weighted by atomic mass is 127. The van der Waals surface area contributed by atoms with E-state index in [1.807, 2.05) is 21.1 Å². The van der Waals surface area contributed by atoms with Gasteiger partial charge in [0.05, 0.1) is 21.1 Å².